The van der Waals surface area contributed by atoms with E-state index in [0.717, 1.165) is 6.07 Å². The topological polar surface area (TPSA) is 46.6 Å². The molecule has 1 atom stereocenters. The van der Waals surface area contributed by atoms with Gasteiger partial charge in [0.25, 0.3) is 0 Å². The quantitative estimate of drug-likeness (QED) is 0.802. The van der Waals surface area contributed by atoms with Crippen LogP contribution in [-0.2, 0) is 20.6 Å². The van der Waals surface area contributed by atoms with Gasteiger partial charge in [-0.25, -0.2) is 12.8 Å². The highest BCUT2D eigenvalue weighted by Crippen LogP contribution is 2.23. The summed E-state index contributed by atoms with van der Waals surface area (Å²) < 4.78 is 44.9. The number of ether oxygens (including phenoxy) is 1. The summed E-state index contributed by atoms with van der Waals surface area (Å²) >= 11 is 5.60. The largest absolute Gasteiger partial charge is 0.378 e. The van der Waals surface area contributed by atoms with Crippen LogP contribution in [0.1, 0.15) is 12.5 Å². The van der Waals surface area contributed by atoms with Crippen molar-refractivity contribution in [2.24, 2.45) is 0 Å². The van der Waals surface area contributed by atoms with Crippen molar-refractivity contribution in [2.45, 2.75) is 23.7 Å². The average molecular weight is 308 g/mol. The van der Waals surface area contributed by atoms with Crippen molar-refractivity contribution >= 4 is 21.6 Å². The van der Waals surface area contributed by atoms with E-state index in [1.807, 2.05) is 0 Å². The lowest BCUT2D eigenvalue weighted by Gasteiger charge is -2.32. The first kappa shape index (κ1) is 14.7. The first-order valence-corrected chi connectivity index (χ1v) is 7.88. The third-order valence-electron chi connectivity index (χ3n) is 3.07. The van der Waals surface area contributed by atoms with Crippen molar-refractivity contribution < 1.29 is 17.5 Å². The van der Waals surface area contributed by atoms with Crippen LogP contribution in [0.25, 0.3) is 0 Å². The molecule has 19 heavy (non-hydrogen) atoms. The molecule has 4 nitrogen and oxygen atoms in total. The van der Waals surface area contributed by atoms with Crippen LogP contribution < -0.4 is 0 Å². The van der Waals surface area contributed by atoms with E-state index in [1.165, 1.54) is 16.4 Å². The van der Waals surface area contributed by atoms with Gasteiger partial charge < -0.3 is 4.74 Å². The molecule has 0 bridgehead atoms. The van der Waals surface area contributed by atoms with E-state index < -0.39 is 15.8 Å². The molecule has 0 amide bonds. The highest BCUT2D eigenvalue weighted by Gasteiger charge is 2.31. The highest BCUT2D eigenvalue weighted by atomic mass is 35.5. The number of sulfonamides is 1. The predicted octanol–water partition coefficient (Wildman–Crippen LogP) is 1.97. The van der Waals surface area contributed by atoms with Gasteiger partial charge in [-0.15, -0.1) is 11.6 Å². The lowest BCUT2D eigenvalue weighted by molar-refractivity contribution is 0.0392. The van der Waals surface area contributed by atoms with Gasteiger partial charge in [-0.2, -0.15) is 4.31 Å². The Morgan fingerprint density at radius 1 is 1.53 bits per heavy atom. The molecule has 106 valence electrons. The maximum Gasteiger partial charge on any atom is 0.243 e. The summed E-state index contributed by atoms with van der Waals surface area (Å²) in [5.41, 5.74) is 0.184. The Hall–Kier alpha value is -0.690. The maximum atomic E-state index is 13.4. The third-order valence-corrected chi connectivity index (χ3v) is 5.37. The number of rotatable bonds is 3. The van der Waals surface area contributed by atoms with Crippen LogP contribution in [0.4, 0.5) is 4.39 Å². The number of hydrogen-bond donors (Lipinski definition) is 0. The summed E-state index contributed by atoms with van der Waals surface area (Å²) in [6.45, 7) is 2.82. The number of halogens is 2. The van der Waals surface area contributed by atoms with Crippen LogP contribution in [0.15, 0.2) is 23.1 Å². The SMILES string of the molecule is CC1COCCN1S(=O)(=O)c1ccc(F)c(CCl)c1. The second-order valence-corrected chi connectivity index (χ2v) is 6.58. The number of benzene rings is 1. The molecule has 2 rings (SSSR count). The van der Waals surface area contributed by atoms with E-state index in [4.69, 9.17) is 16.3 Å². The summed E-state index contributed by atoms with van der Waals surface area (Å²) in [5, 5.41) is 0. The lowest BCUT2D eigenvalue weighted by atomic mass is 10.2. The Labute approximate surface area is 117 Å². The van der Waals surface area contributed by atoms with Gasteiger partial charge in [0.1, 0.15) is 5.82 Å². The molecule has 1 unspecified atom stereocenters. The molecule has 0 aromatic heterocycles. The molecule has 0 aliphatic carbocycles. The zero-order valence-corrected chi connectivity index (χ0v) is 12.0. The summed E-state index contributed by atoms with van der Waals surface area (Å²) in [7, 11) is -3.63. The summed E-state index contributed by atoms with van der Waals surface area (Å²) in [6.07, 6.45) is 0. The summed E-state index contributed by atoms with van der Waals surface area (Å²) in [4.78, 5) is 0.0679. The Morgan fingerprint density at radius 2 is 2.26 bits per heavy atom. The second-order valence-electron chi connectivity index (χ2n) is 4.43. The predicted molar refractivity (Wildman–Crippen MR) is 70.1 cm³/mol. The van der Waals surface area contributed by atoms with Crippen LogP contribution in [0.2, 0.25) is 0 Å². The summed E-state index contributed by atoms with van der Waals surface area (Å²) in [5.74, 6) is -0.558. The molecule has 1 saturated heterocycles. The standard InChI is InChI=1S/C12H15ClFNO3S/c1-9-8-18-5-4-15(9)19(16,17)11-2-3-12(14)10(6-11)7-13/h2-3,6,9H,4-5,7-8H2,1H3. The molecule has 1 aromatic carbocycles. The minimum absolute atomic E-state index is 0.0616. The van der Waals surface area contributed by atoms with Crippen molar-refractivity contribution in [3.63, 3.8) is 0 Å². The zero-order valence-electron chi connectivity index (χ0n) is 10.5. The molecular weight excluding hydrogens is 293 g/mol. The van der Waals surface area contributed by atoms with E-state index in [0.29, 0.717) is 19.8 Å². The Morgan fingerprint density at radius 3 is 2.89 bits per heavy atom. The fourth-order valence-electron chi connectivity index (χ4n) is 2.02. The van der Waals surface area contributed by atoms with Gasteiger partial charge in [0, 0.05) is 18.2 Å². The maximum absolute atomic E-state index is 13.4. The summed E-state index contributed by atoms with van der Waals surface area (Å²) in [6, 6.07) is 3.46. The van der Waals surface area contributed by atoms with Crippen molar-refractivity contribution in [2.75, 3.05) is 19.8 Å². The van der Waals surface area contributed by atoms with Crippen LogP contribution in [0, 0.1) is 5.82 Å². The average Bonchev–Trinajstić information content (AvgIpc) is 2.39. The molecule has 1 aliphatic heterocycles. The molecule has 0 N–H and O–H groups in total. The number of morpholine rings is 1. The highest BCUT2D eigenvalue weighted by molar-refractivity contribution is 7.89. The van der Waals surface area contributed by atoms with Crippen LogP contribution >= 0.6 is 11.6 Å². The van der Waals surface area contributed by atoms with Crippen molar-refractivity contribution in [1.29, 1.82) is 0 Å². The Balaban J connectivity index is 2.38. The van der Waals surface area contributed by atoms with E-state index in [1.54, 1.807) is 6.92 Å². The molecule has 0 spiro atoms. The van der Waals surface area contributed by atoms with Gasteiger partial charge in [0.05, 0.1) is 24.0 Å². The van der Waals surface area contributed by atoms with Gasteiger partial charge in [-0.1, -0.05) is 0 Å². The molecular formula is C12H15ClFNO3S. The number of nitrogens with zero attached hydrogens (tertiary/aromatic N) is 1. The molecule has 1 heterocycles. The van der Waals surface area contributed by atoms with E-state index in [-0.39, 0.29) is 22.4 Å². The van der Waals surface area contributed by atoms with E-state index >= 15 is 0 Å². The lowest BCUT2D eigenvalue weighted by Crippen LogP contribution is -2.46. The van der Waals surface area contributed by atoms with E-state index in [9.17, 15) is 12.8 Å². The third kappa shape index (κ3) is 2.91. The van der Waals surface area contributed by atoms with Crippen molar-refractivity contribution in [3.05, 3.63) is 29.6 Å². The van der Waals surface area contributed by atoms with Gasteiger partial charge in [-0.05, 0) is 25.1 Å². The first-order valence-electron chi connectivity index (χ1n) is 5.91. The van der Waals surface area contributed by atoms with Crippen molar-refractivity contribution in [3.8, 4) is 0 Å². The van der Waals surface area contributed by atoms with Crippen LogP contribution in [-0.4, -0.2) is 38.5 Å². The smallest absolute Gasteiger partial charge is 0.243 e. The Bertz CT molecular complexity index is 564. The normalized spacial score (nSPS) is 21.5. The minimum Gasteiger partial charge on any atom is -0.378 e. The molecule has 1 fully saturated rings. The Kier molecular flexibility index (Phi) is 4.45. The molecule has 1 aliphatic rings. The fourth-order valence-corrected chi connectivity index (χ4v) is 3.87. The molecule has 0 saturated carbocycles. The van der Waals surface area contributed by atoms with Crippen LogP contribution in [0.3, 0.4) is 0 Å². The van der Waals surface area contributed by atoms with Crippen molar-refractivity contribution in [1.82, 2.24) is 4.31 Å². The van der Waals surface area contributed by atoms with Gasteiger partial charge in [0.15, 0.2) is 0 Å². The second kappa shape index (κ2) is 5.75. The fraction of sp³-hybridized carbons (Fsp3) is 0.500. The minimum atomic E-state index is -3.63. The number of alkyl halides is 1. The number of hydrogen-bond acceptors (Lipinski definition) is 3. The first-order chi connectivity index (χ1) is 8.96. The van der Waals surface area contributed by atoms with E-state index in [2.05, 4.69) is 0 Å². The van der Waals surface area contributed by atoms with Gasteiger partial charge >= 0.3 is 0 Å². The molecule has 1 aromatic rings. The van der Waals surface area contributed by atoms with Crippen LogP contribution in [0.5, 0.6) is 0 Å². The van der Waals surface area contributed by atoms with Gasteiger partial charge in [0.2, 0.25) is 10.0 Å². The monoisotopic (exact) mass is 307 g/mol. The van der Waals surface area contributed by atoms with Gasteiger partial charge in [-0.3, -0.25) is 0 Å². The molecule has 0 radical (unpaired) electrons. The zero-order chi connectivity index (χ0) is 14.0. The molecule has 7 heteroatoms.